The number of amides is 2. The van der Waals surface area contributed by atoms with E-state index in [1.807, 2.05) is 46.2 Å². The van der Waals surface area contributed by atoms with Crippen LogP contribution < -0.4 is 10.6 Å². The largest absolute Gasteiger partial charge is 0.343 e. The first-order chi connectivity index (χ1) is 13.7. The lowest BCUT2D eigenvalue weighted by atomic mass is 10.0. The molecule has 0 atom stereocenters. The third-order valence-corrected chi connectivity index (χ3v) is 5.93. The van der Waals surface area contributed by atoms with Crippen LogP contribution in [0.1, 0.15) is 36.0 Å². The van der Waals surface area contributed by atoms with E-state index in [-0.39, 0.29) is 17.9 Å². The molecule has 0 aromatic heterocycles. The summed E-state index contributed by atoms with van der Waals surface area (Å²) in [6, 6.07) is 16.4. The molecule has 2 aliphatic rings. The van der Waals surface area contributed by atoms with Gasteiger partial charge in [-0.15, -0.1) is 0 Å². The van der Waals surface area contributed by atoms with Crippen LogP contribution in [-0.2, 0) is 29.0 Å². The zero-order chi connectivity index (χ0) is 19.5. The molecule has 2 heterocycles. The fraction of sp³-hybridized carbons (Fsp3) is 0.391. The highest BCUT2D eigenvalue weighted by molar-refractivity contribution is 6.01. The maximum absolute atomic E-state index is 12.6. The number of nitrogens with two attached hydrogens (primary N) is 1. The Kier molecular flexibility index (Phi) is 5.44. The Balaban J connectivity index is 1.30. The normalized spacial score (nSPS) is 17.1. The summed E-state index contributed by atoms with van der Waals surface area (Å²) in [5.74, 6) is 0.390. The Morgan fingerprint density at radius 1 is 1.00 bits per heavy atom. The highest BCUT2D eigenvalue weighted by atomic mass is 16.2. The van der Waals surface area contributed by atoms with Crippen LogP contribution in [0.25, 0.3) is 0 Å². The van der Waals surface area contributed by atoms with Gasteiger partial charge < -0.3 is 15.5 Å². The molecule has 146 valence electrons. The van der Waals surface area contributed by atoms with E-state index in [2.05, 4.69) is 12.1 Å². The van der Waals surface area contributed by atoms with E-state index in [1.165, 1.54) is 5.56 Å². The molecule has 0 aliphatic carbocycles. The molecule has 5 nitrogen and oxygen atoms in total. The summed E-state index contributed by atoms with van der Waals surface area (Å²) < 4.78 is 0. The lowest BCUT2D eigenvalue weighted by Crippen LogP contribution is -2.48. The molecule has 0 saturated carbocycles. The Morgan fingerprint density at radius 3 is 2.39 bits per heavy atom. The number of hydrogen-bond acceptors (Lipinski definition) is 3. The Bertz CT molecular complexity index is 854. The molecule has 1 saturated heterocycles. The van der Waals surface area contributed by atoms with Crippen molar-refractivity contribution in [2.45, 2.75) is 44.7 Å². The van der Waals surface area contributed by atoms with Gasteiger partial charge in [-0.05, 0) is 42.0 Å². The van der Waals surface area contributed by atoms with Gasteiger partial charge in [-0.1, -0.05) is 42.5 Å². The van der Waals surface area contributed by atoms with Crippen molar-refractivity contribution < 1.29 is 9.59 Å². The van der Waals surface area contributed by atoms with Crippen LogP contribution in [0.15, 0.2) is 48.5 Å². The third kappa shape index (κ3) is 3.80. The maximum Gasteiger partial charge on any atom is 0.231 e. The lowest BCUT2D eigenvalue weighted by molar-refractivity contribution is -0.132. The van der Waals surface area contributed by atoms with Crippen LogP contribution in [0.3, 0.4) is 0 Å². The van der Waals surface area contributed by atoms with Gasteiger partial charge in [-0.2, -0.15) is 0 Å². The van der Waals surface area contributed by atoms with Crippen LogP contribution in [0.4, 0.5) is 5.69 Å². The van der Waals surface area contributed by atoms with E-state index >= 15 is 0 Å². The monoisotopic (exact) mass is 377 g/mol. The number of carbonyl (C=O) groups excluding carboxylic acids is 2. The second-order valence-electron chi connectivity index (χ2n) is 7.70. The number of hydrogen-bond donors (Lipinski definition) is 1. The zero-order valence-corrected chi connectivity index (χ0v) is 16.1. The first-order valence-corrected chi connectivity index (χ1v) is 10.1. The number of likely N-dealkylation sites (tertiary alicyclic amines) is 1. The molecule has 1 fully saturated rings. The van der Waals surface area contributed by atoms with E-state index in [0.29, 0.717) is 19.4 Å². The second-order valence-corrected chi connectivity index (χ2v) is 7.70. The standard InChI is InChI=1S/C23H27N3O2/c24-16-18-7-5-17(6-8-18)9-10-22(27)25-13-11-20(12-14-25)26-21-4-2-1-3-19(21)15-23(26)28/h1-8,20H,9-16,24H2. The third-order valence-electron chi connectivity index (χ3n) is 5.93. The number of para-hydroxylation sites is 1. The first-order valence-electron chi connectivity index (χ1n) is 10.1. The van der Waals surface area contributed by atoms with Crippen molar-refractivity contribution in [3.8, 4) is 0 Å². The fourth-order valence-electron chi connectivity index (χ4n) is 4.30. The number of rotatable bonds is 5. The van der Waals surface area contributed by atoms with Gasteiger partial charge in [0, 0.05) is 37.8 Å². The van der Waals surface area contributed by atoms with Crippen LogP contribution in [0.2, 0.25) is 0 Å². The van der Waals surface area contributed by atoms with Crippen molar-refractivity contribution in [2.24, 2.45) is 5.73 Å². The van der Waals surface area contributed by atoms with Gasteiger partial charge in [0.25, 0.3) is 0 Å². The van der Waals surface area contributed by atoms with Crippen molar-refractivity contribution in [1.29, 1.82) is 0 Å². The second kappa shape index (κ2) is 8.15. The summed E-state index contributed by atoms with van der Waals surface area (Å²) in [5.41, 5.74) is 10.1. The molecule has 4 rings (SSSR count). The molecule has 2 aromatic rings. The van der Waals surface area contributed by atoms with E-state index in [1.54, 1.807) is 0 Å². The minimum atomic E-state index is 0.187. The molecule has 0 unspecified atom stereocenters. The van der Waals surface area contributed by atoms with E-state index < -0.39 is 0 Å². The lowest BCUT2D eigenvalue weighted by Gasteiger charge is -2.37. The smallest absolute Gasteiger partial charge is 0.231 e. The van der Waals surface area contributed by atoms with Crippen LogP contribution in [0.5, 0.6) is 0 Å². The predicted octanol–water partition coefficient (Wildman–Crippen LogP) is 2.66. The highest BCUT2D eigenvalue weighted by Gasteiger charge is 2.35. The minimum Gasteiger partial charge on any atom is -0.343 e. The summed E-state index contributed by atoms with van der Waals surface area (Å²) in [6.45, 7) is 1.99. The predicted molar refractivity (Wildman–Crippen MR) is 110 cm³/mol. The molecule has 2 amide bonds. The molecule has 28 heavy (non-hydrogen) atoms. The Morgan fingerprint density at radius 2 is 1.68 bits per heavy atom. The summed E-state index contributed by atoms with van der Waals surface area (Å²) in [5, 5.41) is 0. The maximum atomic E-state index is 12.6. The fourth-order valence-corrected chi connectivity index (χ4v) is 4.30. The molecule has 0 bridgehead atoms. The average Bonchev–Trinajstić information content (AvgIpc) is 3.08. The number of anilines is 1. The number of fused-ring (bicyclic) bond motifs is 1. The van der Waals surface area contributed by atoms with Crippen LogP contribution in [-0.4, -0.2) is 35.8 Å². The summed E-state index contributed by atoms with van der Waals surface area (Å²) >= 11 is 0. The van der Waals surface area contributed by atoms with Crippen molar-refractivity contribution in [3.05, 3.63) is 65.2 Å². The summed E-state index contributed by atoms with van der Waals surface area (Å²) in [7, 11) is 0. The highest BCUT2D eigenvalue weighted by Crippen LogP contribution is 2.33. The number of aryl methyl sites for hydroxylation is 1. The van der Waals surface area contributed by atoms with E-state index in [9.17, 15) is 9.59 Å². The van der Waals surface area contributed by atoms with Gasteiger partial charge in [-0.25, -0.2) is 0 Å². The van der Waals surface area contributed by atoms with Crippen molar-refractivity contribution in [1.82, 2.24) is 4.90 Å². The van der Waals surface area contributed by atoms with Gasteiger partial charge in [0.05, 0.1) is 6.42 Å². The number of nitrogens with zero attached hydrogens (tertiary/aromatic N) is 2. The topological polar surface area (TPSA) is 66.6 Å². The quantitative estimate of drug-likeness (QED) is 0.871. The molecule has 5 heteroatoms. The zero-order valence-electron chi connectivity index (χ0n) is 16.1. The Labute approximate surface area is 166 Å². The number of carbonyl (C=O) groups is 2. The first kappa shape index (κ1) is 18.7. The van der Waals surface area contributed by atoms with Crippen LogP contribution >= 0.6 is 0 Å². The molecule has 0 radical (unpaired) electrons. The van der Waals surface area contributed by atoms with Gasteiger partial charge in [0.1, 0.15) is 0 Å². The number of benzene rings is 2. The van der Waals surface area contributed by atoms with Crippen molar-refractivity contribution in [2.75, 3.05) is 18.0 Å². The average molecular weight is 377 g/mol. The Hall–Kier alpha value is -2.66. The van der Waals surface area contributed by atoms with Gasteiger partial charge in [-0.3, -0.25) is 9.59 Å². The molecular weight excluding hydrogens is 350 g/mol. The molecule has 2 aromatic carbocycles. The summed E-state index contributed by atoms with van der Waals surface area (Å²) in [6.07, 6.45) is 3.46. The van der Waals surface area contributed by atoms with E-state index in [4.69, 9.17) is 5.73 Å². The summed E-state index contributed by atoms with van der Waals surface area (Å²) in [4.78, 5) is 29.0. The molecule has 2 aliphatic heterocycles. The minimum absolute atomic E-state index is 0.187. The molecule has 2 N–H and O–H groups in total. The van der Waals surface area contributed by atoms with Gasteiger partial charge >= 0.3 is 0 Å². The molecule has 0 spiro atoms. The molecular formula is C23H27N3O2. The van der Waals surface area contributed by atoms with Crippen LogP contribution in [0, 0.1) is 0 Å². The SMILES string of the molecule is NCc1ccc(CCC(=O)N2CCC(N3C(=O)Cc4ccccc43)CC2)cc1. The van der Waals surface area contributed by atoms with Crippen molar-refractivity contribution in [3.63, 3.8) is 0 Å². The van der Waals surface area contributed by atoms with Crippen molar-refractivity contribution >= 4 is 17.5 Å². The number of piperidine rings is 1. The van der Waals surface area contributed by atoms with Gasteiger partial charge in [0.15, 0.2) is 0 Å². The van der Waals surface area contributed by atoms with E-state index in [0.717, 1.165) is 49.2 Å². The van der Waals surface area contributed by atoms with Gasteiger partial charge in [0.2, 0.25) is 11.8 Å².